The van der Waals surface area contributed by atoms with E-state index in [0.29, 0.717) is 6.04 Å². The highest BCUT2D eigenvalue weighted by Crippen LogP contribution is 2.20. The lowest BCUT2D eigenvalue weighted by molar-refractivity contribution is 0.173. The van der Waals surface area contributed by atoms with E-state index in [-0.39, 0.29) is 6.04 Å². The molecule has 5 heteroatoms. The molecule has 96 valence electrons. The zero-order valence-electron chi connectivity index (χ0n) is 11.0. The number of likely N-dealkylation sites (tertiary alicyclic amines) is 1. The van der Waals surface area contributed by atoms with Crippen LogP contribution in [-0.4, -0.2) is 46.3 Å². The highest BCUT2D eigenvalue weighted by atomic mass is 15.2. The van der Waals surface area contributed by atoms with Gasteiger partial charge in [0.05, 0.1) is 6.04 Å². The topological polar surface area (TPSA) is 56.8 Å². The van der Waals surface area contributed by atoms with Gasteiger partial charge in [-0.05, 0) is 46.2 Å². The van der Waals surface area contributed by atoms with Crippen molar-refractivity contribution in [1.29, 1.82) is 0 Å². The Morgan fingerprint density at radius 3 is 3.00 bits per heavy atom. The maximum absolute atomic E-state index is 4.19. The molecule has 0 aromatic carbocycles. The summed E-state index contributed by atoms with van der Waals surface area (Å²) in [5.74, 6) is 1.65. The lowest BCUT2D eigenvalue weighted by Crippen LogP contribution is -2.43. The van der Waals surface area contributed by atoms with Crippen molar-refractivity contribution in [3.63, 3.8) is 0 Å². The van der Waals surface area contributed by atoms with Crippen molar-refractivity contribution in [3.05, 3.63) is 12.2 Å². The van der Waals surface area contributed by atoms with Crippen LogP contribution >= 0.6 is 0 Å². The van der Waals surface area contributed by atoms with E-state index in [0.717, 1.165) is 11.7 Å². The maximum atomic E-state index is 4.19. The molecule has 0 bridgehead atoms. The molecule has 1 fully saturated rings. The van der Waals surface area contributed by atoms with Gasteiger partial charge in [0.2, 0.25) is 0 Å². The lowest BCUT2D eigenvalue weighted by atomic mass is 9.91. The molecule has 2 rings (SSSR count). The van der Waals surface area contributed by atoms with Crippen molar-refractivity contribution >= 4 is 0 Å². The number of aromatic amines is 1. The third-order valence-corrected chi connectivity index (χ3v) is 3.72. The molecule has 3 atom stereocenters. The van der Waals surface area contributed by atoms with Gasteiger partial charge in [-0.25, -0.2) is 4.98 Å². The first-order valence-electron chi connectivity index (χ1n) is 6.46. The van der Waals surface area contributed by atoms with E-state index in [2.05, 4.69) is 46.3 Å². The zero-order valence-corrected chi connectivity index (χ0v) is 11.0. The molecule has 0 saturated carbocycles. The van der Waals surface area contributed by atoms with Crippen LogP contribution in [0.15, 0.2) is 6.33 Å². The predicted molar refractivity (Wildman–Crippen MR) is 67.6 cm³/mol. The molecule has 1 aliphatic heterocycles. The second-order valence-electron chi connectivity index (χ2n) is 5.21. The van der Waals surface area contributed by atoms with Gasteiger partial charge in [0.15, 0.2) is 0 Å². The molecule has 0 amide bonds. The first-order chi connectivity index (χ1) is 8.16. The molecule has 0 aliphatic carbocycles. The van der Waals surface area contributed by atoms with Crippen molar-refractivity contribution in [2.45, 2.75) is 38.8 Å². The summed E-state index contributed by atoms with van der Waals surface area (Å²) in [6.07, 6.45) is 4.19. The molecule has 0 radical (unpaired) electrons. The van der Waals surface area contributed by atoms with Gasteiger partial charge in [-0.1, -0.05) is 0 Å². The van der Waals surface area contributed by atoms with Crippen LogP contribution < -0.4 is 5.32 Å². The average Bonchev–Trinajstić information content (AvgIpc) is 2.82. The molecule has 1 aromatic rings. The maximum Gasteiger partial charge on any atom is 0.141 e. The molecule has 1 saturated heterocycles. The Kier molecular flexibility index (Phi) is 4.12. The SMILES string of the molecule is CC(NC(C)C1CCCN(C)C1)c1ncn[nH]1. The van der Waals surface area contributed by atoms with Gasteiger partial charge in [0, 0.05) is 12.6 Å². The summed E-state index contributed by atoms with van der Waals surface area (Å²) in [4.78, 5) is 6.61. The van der Waals surface area contributed by atoms with Gasteiger partial charge in [-0.2, -0.15) is 5.10 Å². The standard InChI is InChI=1S/C12H23N5/c1-9(11-5-4-6-17(3)7-11)15-10(2)12-13-8-14-16-12/h8-11,15H,4-7H2,1-3H3,(H,13,14,16). The predicted octanol–water partition coefficient (Wildman–Crippen LogP) is 1.19. The van der Waals surface area contributed by atoms with Gasteiger partial charge < -0.3 is 10.2 Å². The largest absolute Gasteiger partial charge is 0.306 e. The smallest absolute Gasteiger partial charge is 0.141 e. The Labute approximate surface area is 103 Å². The monoisotopic (exact) mass is 237 g/mol. The number of rotatable bonds is 4. The van der Waals surface area contributed by atoms with Crippen LogP contribution in [0.5, 0.6) is 0 Å². The van der Waals surface area contributed by atoms with E-state index in [9.17, 15) is 0 Å². The third kappa shape index (κ3) is 3.26. The Morgan fingerprint density at radius 1 is 1.53 bits per heavy atom. The molecule has 2 heterocycles. The highest BCUT2D eigenvalue weighted by molar-refractivity contribution is 4.91. The van der Waals surface area contributed by atoms with Crippen molar-refractivity contribution in [2.75, 3.05) is 20.1 Å². The Morgan fingerprint density at radius 2 is 2.35 bits per heavy atom. The van der Waals surface area contributed by atoms with Crippen molar-refractivity contribution in [3.8, 4) is 0 Å². The number of piperidine rings is 1. The number of hydrogen-bond donors (Lipinski definition) is 2. The molecular weight excluding hydrogens is 214 g/mol. The highest BCUT2D eigenvalue weighted by Gasteiger charge is 2.24. The third-order valence-electron chi connectivity index (χ3n) is 3.72. The fourth-order valence-electron chi connectivity index (χ4n) is 2.65. The normalized spacial score (nSPS) is 25.7. The minimum Gasteiger partial charge on any atom is -0.306 e. The second-order valence-corrected chi connectivity index (χ2v) is 5.21. The van der Waals surface area contributed by atoms with Crippen molar-refractivity contribution in [1.82, 2.24) is 25.4 Å². The molecule has 1 aliphatic rings. The number of H-pyrrole nitrogens is 1. The van der Waals surface area contributed by atoms with Crippen LogP contribution in [0.1, 0.15) is 38.6 Å². The first-order valence-corrected chi connectivity index (χ1v) is 6.46. The van der Waals surface area contributed by atoms with Crippen molar-refractivity contribution in [2.24, 2.45) is 5.92 Å². The first kappa shape index (κ1) is 12.5. The lowest BCUT2D eigenvalue weighted by Gasteiger charge is -2.34. The van der Waals surface area contributed by atoms with Gasteiger partial charge >= 0.3 is 0 Å². The number of aromatic nitrogens is 3. The van der Waals surface area contributed by atoms with E-state index in [1.165, 1.54) is 25.9 Å². The molecular formula is C12H23N5. The second kappa shape index (κ2) is 5.60. The van der Waals surface area contributed by atoms with E-state index in [1.807, 2.05) is 0 Å². The molecule has 2 N–H and O–H groups in total. The minimum absolute atomic E-state index is 0.236. The minimum atomic E-state index is 0.236. The summed E-state index contributed by atoms with van der Waals surface area (Å²) in [5.41, 5.74) is 0. The van der Waals surface area contributed by atoms with Crippen LogP contribution in [-0.2, 0) is 0 Å². The summed E-state index contributed by atoms with van der Waals surface area (Å²) in [6.45, 7) is 6.83. The van der Waals surface area contributed by atoms with E-state index in [1.54, 1.807) is 6.33 Å². The summed E-state index contributed by atoms with van der Waals surface area (Å²) >= 11 is 0. The Hall–Kier alpha value is -0.940. The van der Waals surface area contributed by atoms with Crippen LogP contribution in [0, 0.1) is 5.92 Å². The van der Waals surface area contributed by atoms with Gasteiger partial charge in [0.25, 0.3) is 0 Å². The molecule has 1 aromatic heterocycles. The summed E-state index contributed by atoms with van der Waals surface area (Å²) in [7, 11) is 2.21. The van der Waals surface area contributed by atoms with Crippen LogP contribution in [0.2, 0.25) is 0 Å². The van der Waals surface area contributed by atoms with E-state index in [4.69, 9.17) is 0 Å². The average molecular weight is 237 g/mol. The van der Waals surface area contributed by atoms with E-state index >= 15 is 0 Å². The number of hydrogen-bond acceptors (Lipinski definition) is 4. The quantitative estimate of drug-likeness (QED) is 0.826. The van der Waals surface area contributed by atoms with Gasteiger partial charge in [-0.3, -0.25) is 5.10 Å². The van der Waals surface area contributed by atoms with Crippen LogP contribution in [0.3, 0.4) is 0 Å². The summed E-state index contributed by atoms with van der Waals surface area (Å²) in [5, 5.41) is 10.4. The van der Waals surface area contributed by atoms with Gasteiger partial charge in [-0.15, -0.1) is 0 Å². The molecule has 5 nitrogen and oxygen atoms in total. The number of nitrogens with one attached hydrogen (secondary N) is 2. The van der Waals surface area contributed by atoms with Crippen LogP contribution in [0.4, 0.5) is 0 Å². The fourth-order valence-corrected chi connectivity index (χ4v) is 2.65. The molecule has 17 heavy (non-hydrogen) atoms. The zero-order chi connectivity index (χ0) is 12.3. The van der Waals surface area contributed by atoms with Crippen LogP contribution in [0.25, 0.3) is 0 Å². The summed E-state index contributed by atoms with van der Waals surface area (Å²) < 4.78 is 0. The van der Waals surface area contributed by atoms with Gasteiger partial charge in [0.1, 0.15) is 12.2 Å². The Bertz CT molecular complexity index is 324. The van der Waals surface area contributed by atoms with Crippen molar-refractivity contribution < 1.29 is 0 Å². The molecule has 0 spiro atoms. The molecule has 3 unspecified atom stereocenters. The summed E-state index contributed by atoms with van der Waals surface area (Å²) in [6, 6.07) is 0.748. The Balaban J connectivity index is 1.85. The number of nitrogens with zero attached hydrogens (tertiary/aromatic N) is 3. The fraction of sp³-hybridized carbons (Fsp3) is 0.833. The van der Waals surface area contributed by atoms with E-state index < -0.39 is 0 Å².